The molecule has 1 atom stereocenters. The van der Waals surface area contributed by atoms with Gasteiger partial charge in [0.05, 0.1) is 13.7 Å². The lowest BCUT2D eigenvalue weighted by molar-refractivity contribution is 0.252. The second-order valence-corrected chi connectivity index (χ2v) is 2.78. The molecule has 1 aromatic carbocycles. The highest BCUT2D eigenvalue weighted by Crippen LogP contribution is 2.25. The highest BCUT2D eigenvalue weighted by Gasteiger charge is 2.23. The first-order valence-corrected chi connectivity index (χ1v) is 4.10. The van der Waals surface area contributed by atoms with Gasteiger partial charge in [0.2, 0.25) is 0 Å². The molecular formula is C10H10O3. The largest absolute Gasteiger partial charge is 0.492 e. The van der Waals surface area contributed by atoms with E-state index in [1.54, 1.807) is 19.2 Å². The molecule has 1 aliphatic rings. The van der Waals surface area contributed by atoms with E-state index in [2.05, 4.69) is 12.1 Å². The first-order valence-electron chi connectivity index (χ1n) is 4.10. The van der Waals surface area contributed by atoms with Crippen LogP contribution in [-0.4, -0.2) is 26.4 Å². The van der Waals surface area contributed by atoms with Crippen molar-refractivity contribution in [2.24, 2.45) is 0 Å². The van der Waals surface area contributed by atoms with Gasteiger partial charge < -0.3 is 14.2 Å². The van der Waals surface area contributed by atoms with Gasteiger partial charge in [0, 0.05) is 12.1 Å². The zero-order valence-corrected chi connectivity index (χ0v) is 7.37. The number of epoxide rings is 1. The summed E-state index contributed by atoms with van der Waals surface area (Å²) >= 11 is 0. The van der Waals surface area contributed by atoms with Crippen LogP contribution in [0.3, 0.4) is 0 Å². The van der Waals surface area contributed by atoms with Gasteiger partial charge in [-0.2, -0.15) is 0 Å². The van der Waals surface area contributed by atoms with E-state index in [9.17, 15) is 0 Å². The number of rotatable bonds is 4. The van der Waals surface area contributed by atoms with E-state index in [4.69, 9.17) is 14.2 Å². The van der Waals surface area contributed by atoms with E-state index in [-0.39, 0.29) is 6.10 Å². The molecule has 1 heterocycles. The lowest BCUT2D eigenvalue weighted by atomic mass is 10.3. The van der Waals surface area contributed by atoms with Crippen molar-refractivity contribution in [2.45, 2.75) is 6.10 Å². The van der Waals surface area contributed by atoms with Crippen LogP contribution in [0.15, 0.2) is 12.1 Å². The van der Waals surface area contributed by atoms with Gasteiger partial charge in [-0.15, -0.1) is 0 Å². The lowest BCUT2D eigenvalue weighted by Gasteiger charge is -2.06. The maximum Gasteiger partial charge on any atom is 0.170 e. The van der Waals surface area contributed by atoms with Gasteiger partial charge in [-0.05, 0) is 0 Å². The fourth-order valence-electron chi connectivity index (χ4n) is 0.976. The number of hydrogen-bond acceptors (Lipinski definition) is 3. The van der Waals surface area contributed by atoms with Crippen LogP contribution in [0.1, 0.15) is 0 Å². The average Bonchev–Trinajstić information content (AvgIpc) is 2.99. The molecule has 1 aliphatic heterocycles. The summed E-state index contributed by atoms with van der Waals surface area (Å²) in [6.45, 7) is 1.37. The summed E-state index contributed by atoms with van der Waals surface area (Å²) in [5.74, 6) is 1.37. The summed E-state index contributed by atoms with van der Waals surface area (Å²) in [5.41, 5.74) is 0. The molecule has 13 heavy (non-hydrogen) atoms. The summed E-state index contributed by atoms with van der Waals surface area (Å²) < 4.78 is 15.6. The Bertz CT molecular complexity index is 281. The lowest BCUT2D eigenvalue weighted by Crippen LogP contribution is -2.04. The third kappa shape index (κ3) is 2.04. The predicted molar refractivity (Wildman–Crippen MR) is 45.9 cm³/mol. The van der Waals surface area contributed by atoms with Crippen molar-refractivity contribution in [3.63, 3.8) is 0 Å². The molecule has 0 amide bonds. The summed E-state index contributed by atoms with van der Waals surface area (Å²) in [6.07, 6.45) is 0.258. The van der Waals surface area contributed by atoms with Crippen LogP contribution in [0.2, 0.25) is 0 Å². The van der Waals surface area contributed by atoms with E-state index in [0.717, 1.165) is 6.61 Å². The first-order chi connectivity index (χ1) is 6.40. The van der Waals surface area contributed by atoms with Crippen LogP contribution in [-0.2, 0) is 4.74 Å². The smallest absolute Gasteiger partial charge is 0.170 e. The van der Waals surface area contributed by atoms with Crippen molar-refractivity contribution in [1.82, 2.24) is 0 Å². The van der Waals surface area contributed by atoms with E-state index < -0.39 is 0 Å². The maximum absolute atomic E-state index is 5.45. The van der Waals surface area contributed by atoms with Gasteiger partial charge in [0.1, 0.15) is 12.7 Å². The molecule has 1 saturated heterocycles. The Morgan fingerprint density at radius 2 is 2.15 bits per heavy atom. The Labute approximate surface area is 77.2 Å². The van der Waals surface area contributed by atoms with Crippen molar-refractivity contribution in [2.75, 3.05) is 20.3 Å². The van der Waals surface area contributed by atoms with E-state index in [1.807, 2.05) is 0 Å². The molecule has 68 valence electrons. The Hall–Kier alpha value is -1.40. The third-order valence-corrected chi connectivity index (χ3v) is 1.78. The Kier molecular flexibility index (Phi) is 2.24. The van der Waals surface area contributed by atoms with E-state index >= 15 is 0 Å². The monoisotopic (exact) mass is 178 g/mol. The van der Waals surface area contributed by atoms with Gasteiger partial charge in [0.25, 0.3) is 0 Å². The second kappa shape index (κ2) is 3.55. The minimum atomic E-state index is 0.258. The molecule has 1 fully saturated rings. The Morgan fingerprint density at radius 1 is 1.46 bits per heavy atom. The van der Waals surface area contributed by atoms with Crippen LogP contribution < -0.4 is 9.47 Å². The third-order valence-electron chi connectivity index (χ3n) is 1.78. The average molecular weight is 178 g/mol. The predicted octanol–water partition coefficient (Wildman–Crippen LogP) is 1.07. The van der Waals surface area contributed by atoms with Crippen LogP contribution in [0.4, 0.5) is 0 Å². The molecule has 0 radical (unpaired) electrons. The number of hydrogen-bond donors (Lipinski definition) is 0. The van der Waals surface area contributed by atoms with Crippen molar-refractivity contribution in [3.05, 3.63) is 24.3 Å². The highest BCUT2D eigenvalue weighted by atomic mass is 16.6. The van der Waals surface area contributed by atoms with Crippen LogP contribution >= 0.6 is 0 Å². The van der Waals surface area contributed by atoms with Gasteiger partial charge in [-0.25, -0.2) is 0 Å². The summed E-state index contributed by atoms with van der Waals surface area (Å²) in [5, 5.41) is 0. The number of ether oxygens (including phenoxy) is 3. The summed E-state index contributed by atoms with van der Waals surface area (Å²) in [7, 11) is 1.60. The minimum absolute atomic E-state index is 0.258. The minimum Gasteiger partial charge on any atom is -0.492 e. The van der Waals surface area contributed by atoms with Crippen LogP contribution in [0.5, 0.6) is 11.5 Å². The van der Waals surface area contributed by atoms with Crippen molar-refractivity contribution in [1.29, 1.82) is 0 Å². The topological polar surface area (TPSA) is 31.0 Å². The normalized spacial score (nSPS) is 19.0. The van der Waals surface area contributed by atoms with Gasteiger partial charge >= 0.3 is 0 Å². The number of methoxy groups -OCH3 is 1. The van der Waals surface area contributed by atoms with E-state index in [0.29, 0.717) is 18.1 Å². The van der Waals surface area contributed by atoms with Crippen LogP contribution in [0, 0.1) is 12.1 Å². The summed E-state index contributed by atoms with van der Waals surface area (Å²) in [4.78, 5) is 0. The molecule has 3 heteroatoms. The van der Waals surface area contributed by atoms with Crippen LogP contribution in [0.25, 0.3) is 0 Å². The molecule has 0 saturated carbocycles. The molecule has 0 spiro atoms. The molecule has 2 rings (SSSR count). The van der Waals surface area contributed by atoms with Crippen molar-refractivity contribution >= 4 is 0 Å². The molecule has 0 aliphatic carbocycles. The van der Waals surface area contributed by atoms with Gasteiger partial charge in [0.15, 0.2) is 11.5 Å². The molecule has 0 N–H and O–H groups in total. The Morgan fingerprint density at radius 3 is 2.77 bits per heavy atom. The molecule has 1 aromatic rings. The van der Waals surface area contributed by atoms with Gasteiger partial charge in [-0.3, -0.25) is 0 Å². The highest BCUT2D eigenvalue weighted by molar-refractivity contribution is 5.36. The molecule has 3 nitrogen and oxygen atoms in total. The molecular weight excluding hydrogens is 168 g/mol. The Balaban J connectivity index is 1.99. The zero-order chi connectivity index (χ0) is 9.10. The maximum atomic E-state index is 5.45. The fourth-order valence-corrected chi connectivity index (χ4v) is 0.976. The standard InChI is InChI=1S/C10H10O3/c1-11-9-4-2-3-5-10(9)13-7-8-6-12-8/h4-5,8H,6-7H2,1H3. The first kappa shape index (κ1) is 8.21. The van der Waals surface area contributed by atoms with Crippen molar-refractivity contribution in [3.8, 4) is 11.5 Å². The second-order valence-electron chi connectivity index (χ2n) is 2.78. The SMILES string of the molecule is COc1cc#ccc1OCC1CO1. The molecule has 0 aromatic heterocycles. The molecule has 1 unspecified atom stereocenters. The van der Waals surface area contributed by atoms with Gasteiger partial charge in [-0.1, -0.05) is 12.1 Å². The summed E-state index contributed by atoms with van der Waals surface area (Å²) in [6, 6.07) is 9.01. The quantitative estimate of drug-likeness (QED) is 0.646. The fraction of sp³-hybridized carbons (Fsp3) is 0.400. The van der Waals surface area contributed by atoms with E-state index in [1.165, 1.54) is 0 Å². The van der Waals surface area contributed by atoms with Crippen molar-refractivity contribution < 1.29 is 14.2 Å². The molecule has 0 bridgehead atoms. The zero-order valence-electron chi connectivity index (χ0n) is 7.37.